The van der Waals surface area contributed by atoms with Crippen LogP contribution in [0.1, 0.15) is 41.5 Å². The van der Waals surface area contributed by atoms with Crippen LogP contribution in [0.5, 0.6) is 0 Å². The summed E-state index contributed by atoms with van der Waals surface area (Å²) in [5.41, 5.74) is 5.43. The fraction of sp³-hybridized carbons (Fsp3) is 0.500. The molecule has 1 aromatic rings. The first kappa shape index (κ1) is 10.4. The van der Waals surface area contributed by atoms with Gasteiger partial charge in [-0.15, -0.1) is 0 Å². The third-order valence-electron chi connectivity index (χ3n) is 3.42. The summed E-state index contributed by atoms with van der Waals surface area (Å²) in [6.45, 7) is 8.15. The second-order valence-corrected chi connectivity index (χ2v) is 4.87. The number of Topliss-reactive ketones (excluding diaryl/α,β-unsaturated/α-hetero) is 1. The largest absolute Gasteiger partial charge is 0.300 e. The first-order valence-corrected chi connectivity index (χ1v) is 5.59. The summed E-state index contributed by atoms with van der Waals surface area (Å²) < 4.78 is 0. The molecule has 0 aromatic heterocycles. The Morgan fingerprint density at radius 1 is 1.20 bits per heavy atom. The lowest BCUT2D eigenvalue weighted by molar-refractivity contribution is -0.118. The van der Waals surface area contributed by atoms with Gasteiger partial charge in [0.05, 0.1) is 0 Å². The Labute approximate surface area is 91.5 Å². The maximum Gasteiger partial charge on any atom is 0.133 e. The molecule has 2 rings (SSSR count). The summed E-state index contributed by atoms with van der Waals surface area (Å²) in [7, 11) is 0. The van der Waals surface area contributed by atoms with Gasteiger partial charge in [-0.1, -0.05) is 17.7 Å². The Morgan fingerprint density at radius 3 is 2.13 bits per heavy atom. The van der Waals surface area contributed by atoms with Crippen LogP contribution in [0, 0.1) is 26.7 Å². The zero-order chi connectivity index (χ0) is 11.2. The van der Waals surface area contributed by atoms with Crippen molar-refractivity contribution in [2.45, 2.75) is 40.0 Å². The maximum absolute atomic E-state index is 11.3. The minimum absolute atomic E-state index is 0.296. The lowest BCUT2D eigenvalue weighted by Gasteiger charge is -2.10. The van der Waals surface area contributed by atoms with Gasteiger partial charge in [0.25, 0.3) is 0 Å². The molecule has 2 atom stereocenters. The molecule has 0 N–H and O–H groups in total. The van der Waals surface area contributed by atoms with Crippen molar-refractivity contribution in [1.82, 2.24) is 0 Å². The lowest BCUT2D eigenvalue weighted by Crippen LogP contribution is -1.98. The number of aryl methyl sites for hydroxylation is 3. The third-order valence-corrected chi connectivity index (χ3v) is 3.42. The second-order valence-electron chi connectivity index (χ2n) is 4.87. The Hall–Kier alpha value is -1.11. The monoisotopic (exact) mass is 202 g/mol. The number of carbonyl (C=O) groups excluding carboxylic acids is 1. The number of benzene rings is 1. The molecule has 0 aliphatic heterocycles. The van der Waals surface area contributed by atoms with Crippen LogP contribution >= 0.6 is 0 Å². The highest BCUT2D eigenvalue weighted by molar-refractivity contribution is 5.82. The molecule has 2 unspecified atom stereocenters. The van der Waals surface area contributed by atoms with Crippen molar-refractivity contribution in [2.75, 3.05) is 0 Å². The van der Waals surface area contributed by atoms with Crippen LogP contribution in [0.3, 0.4) is 0 Å². The molecule has 15 heavy (non-hydrogen) atoms. The van der Waals surface area contributed by atoms with Gasteiger partial charge < -0.3 is 0 Å². The van der Waals surface area contributed by atoms with Crippen molar-refractivity contribution < 1.29 is 4.79 Å². The zero-order valence-electron chi connectivity index (χ0n) is 9.92. The van der Waals surface area contributed by atoms with Crippen molar-refractivity contribution in [3.63, 3.8) is 0 Å². The summed E-state index contributed by atoms with van der Waals surface area (Å²) >= 11 is 0. The average Bonchev–Trinajstić information content (AvgIpc) is 2.81. The zero-order valence-corrected chi connectivity index (χ0v) is 9.92. The molecule has 1 nitrogen and oxygen atoms in total. The summed E-state index contributed by atoms with van der Waals surface area (Å²) in [4.78, 5) is 11.3. The van der Waals surface area contributed by atoms with E-state index in [4.69, 9.17) is 0 Å². The Bertz CT molecular complexity index is 394. The number of hydrogen-bond acceptors (Lipinski definition) is 1. The predicted octanol–water partition coefficient (Wildman–Crippen LogP) is 3.30. The van der Waals surface area contributed by atoms with Gasteiger partial charge in [0, 0.05) is 5.92 Å². The summed E-state index contributed by atoms with van der Waals surface area (Å²) in [6.07, 6.45) is 1.06. The molecule has 1 fully saturated rings. The highest BCUT2D eigenvalue weighted by atomic mass is 16.1. The van der Waals surface area contributed by atoms with Crippen LogP contribution in [0.4, 0.5) is 0 Å². The van der Waals surface area contributed by atoms with Crippen molar-refractivity contribution in [3.8, 4) is 0 Å². The Kier molecular flexibility index (Phi) is 2.41. The normalized spacial score (nSPS) is 24.0. The highest BCUT2D eigenvalue weighted by Gasteiger charge is 2.42. The number of rotatable bonds is 2. The molecular weight excluding hydrogens is 184 g/mol. The topological polar surface area (TPSA) is 17.1 Å². The fourth-order valence-corrected chi connectivity index (χ4v) is 2.74. The molecule has 1 aliphatic carbocycles. The van der Waals surface area contributed by atoms with E-state index in [0.717, 1.165) is 6.42 Å². The maximum atomic E-state index is 11.3. The SMILES string of the molecule is CC(=O)C1CC1c1c(C)cc(C)cc1C. The van der Waals surface area contributed by atoms with Gasteiger partial charge in [0.1, 0.15) is 5.78 Å². The quantitative estimate of drug-likeness (QED) is 0.719. The van der Waals surface area contributed by atoms with Crippen LogP contribution < -0.4 is 0 Å². The first-order chi connectivity index (χ1) is 7.00. The van der Waals surface area contributed by atoms with Crippen molar-refractivity contribution in [3.05, 3.63) is 34.4 Å². The smallest absolute Gasteiger partial charge is 0.133 e. The second kappa shape index (κ2) is 3.48. The van der Waals surface area contributed by atoms with Crippen LogP contribution in [0.25, 0.3) is 0 Å². The Morgan fingerprint density at radius 2 is 1.73 bits per heavy atom. The Balaban J connectivity index is 2.34. The van der Waals surface area contributed by atoms with Gasteiger partial charge in [-0.05, 0) is 56.7 Å². The van der Waals surface area contributed by atoms with E-state index >= 15 is 0 Å². The molecule has 1 aliphatic rings. The van der Waals surface area contributed by atoms with E-state index in [-0.39, 0.29) is 0 Å². The first-order valence-electron chi connectivity index (χ1n) is 5.59. The summed E-state index contributed by atoms with van der Waals surface area (Å²) in [5, 5.41) is 0. The van der Waals surface area contributed by atoms with E-state index in [1.165, 1.54) is 22.3 Å². The molecule has 0 saturated heterocycles. The van der Waals surface area contributed by atoms with Crippen LogP contribution in [0.2, 0.25) is 0 Å². The van der Waals surface area contributed by atoms with E-state index in [1.54, 1.807) is 6.92 Å². The number of carbonyl (C=O) groups is 1. The van der Waals surface area contributed by atoms with E-state index in [2.05, 4.69) is 32.9 Å². The van der Waals surface area contributed by atoms with E-state index < -0.39 is 0 Å². The van der Waals surface area contributed by atoms with E-state index in [1.807, 2.05) is 0 Å². The fourth-order valence-electron chi connectivity index (χ4n) is 2.74. The average molecular weight is 202 g/mol. The molecule has 1 saturated carbocycles. The van der Waals surface area contributed by atoms with Gasteiger partial charge in [-0.25, -0.2) is 0 Å². The lowest BCUT2D eigenvalue weighted by atomic mass is 9.95. The van der Waals surface area contributed by atoms with Gasteiger partial charge >= 0.3 is 0 Å². The predicted molar refractivity (Wildman–Crippen MR) is 62.2 cm³/mol. The molecule has 0 bridgehead atoms. The molecule has 0 spiro atoms. The molecule has 1 heteroatoms. The van der Waals surface area contributed by atoms with Crippen LogP contribution in [-0.4, -0.2) is 5.78 Å². The summed E-state index contributed by atoms with van der Waals surface area (Å²) in [6, 6.07) is 4.44. The number of hydrogen-bond donors (Lipinski definition) is 0. The molecule has 1 aromatic carbocycles. The van der Waals surface area contributed by atoms with E-state index in [0.29, 0.717) is 17.6 Å². The minimum atomic E-state index is 0.296. The van der Waals surface area contributed by atoms with Gasteiger partial charge in [0.15, 0.2) is 0 Å². The van der Waals surface area contributed by atoms with Crippen LogP contribution in [-0.2, 0) is 4.79 Å². The minimum Gasteiger partial charge on any atom is -0.300 e. The molecule has 80 valence electrons. The van der Waals surface area contributed by atoms with Gasteiger partial charge in [-0.3, -0.25) is 4.79 Å². The van der Waals surface area contributed by atoms with E-state index in [9.17, 15) is 4.79 Å². The highest BCUT2D eigenvalue weighted by Crippen LogP contribution is 2.50. The standard InChI is InChI=1S/C14H18O/c1-8-5-9(2)14(10(3)6-8)13-7-12(13)11(4)15/h5-6,12-13H,7H2,1-4H3. The third kappa shape index (κ3) is 1.83. The van der Waals surface area contributed by atoms with Crippen LogP contribution in [0.15, 0.2) is 12.1 Å². The molecule has 0 amide bonds. The van der Waals surface area contributed by atoms with Crippen molar-refractivity contribution >= 4 is 5.78 Å². The molecular formula is C14H18O. The van der Waals surface area contributed by atoms with Gasteiger partial charge in [0.2, 0.25) is 0 Å². The van der Waals surface area contributed by atoms with Crippen molar-refractivity contribution in [2.24, 2.45) is 5.92 Å². The number of ketones is 1. The molecule has 0 heterocycles. The van der Waals surface area contributed by atoms with Crippen molar-refractivity contribution in [1.29, 1.82) is 0 Å². The molecule has 0 radical (unpaired) electrons. The summed E-state index contributed by atoms with van der Waals surface area (Å²) in [5.74, 6) is 1.15. The van der Waals surface area contributed by atoms with Gasteiger partial charge in [-0.2, -0.15) is 0 Å².